The number of nitrogens with one attached hydrogen (secondary N) is 1. The molecule has 0 unspecified atom stereocenters. The van der Waals surface area contributed by atoms with Crippen molar-refractivity contribution in [1.82, 2.24) is 9.97 Å². The number of aromatic nitrogens is 2. The molecule has 1 heterocycles. The van der Waals surface area contributed by atoms with Crippen LogP contribution < -0.4 is 10.2 Å². The minimum absolute atomic E-state index is 0.174. The molecule has 0 amide bonds. The van der Waals surface area contributed by atoms with Crippen LogP contribution in [0, 0.1) is 6.92 Å². The summed E-state index contributed by atoms with van der Waals surface area (Å²) >= 11 is 0. The molecule has 0 saturated heterocycles. The normalized spacial score (nSPS) is 18.5. The van der Waals surface area contributed by atoms with Gasteiger partial charge in [0.15, 0.2) is 0 Å². The van der Waals surface area contributed by atoms with Gasteiger partial charge in [-0.15, -0.1) is 0 Å². The fourth-order valence-corrected chi connectivity index (χ4v) is 2.52. The molecule has 1 aromatic rings. The van der Waals surface area contributed by atoms with Crippen LogP contribution in [-0.4, -0.2) is 41.3 Å². The van der Waals surface area contributed by atoms with Gasteiger partial charge in [0.05, 0.1) is 6.61 Å². The fraction of sp³-hybridized carbons (Fsp3) is 0.714. The molecular weight excluding hydrogens is 240 g/mol. The third-order valence-corrected chi connectivity index (χ3v) is 3.92. The number of rotatable bonds is 6. The Morgan fingerprint density at radius 2 is 2.00 bits per heavy atom. The molecule has 2 aliphatic carbocycles. The van der Waals surface area contributed by atoms with Crippen molar-refractivity contribution in [2.75, 3.05) is 30.4 Å². The molecule has 1 aromatic heterocycles. The van der Waals surface area contributed by atoms with E-state index in [1.165, 1.54) is 25.7 Å². The van der Waals surface area contributed by atoms with Gasteiger partial charge in [-0.05, 0) is 32.6 Å². The van der Waals surface area contributed by atoms with E-state index in [1.807, 2.05) is 7.05 Å². The summed E-state index contributed by atoms with van der Waals surface area (Å²) in [6.07, 6.45) is 4.82. The van der Waals surface area contributed by atoms with E-state index in [0.29, 0.717) is 18.5 Å². The summed E-state index contributed by atoms with van der Waals surface area (Å²) < 4.78 is 0. The zero-order valence-electron chi connectivity index (χ0n) is 11.7. The van der Waals surface area contributed by atoms with Crippen LogP contribution in [0.3, 0.4) is 0 Å². The molecule has 0 aliphatic heterocycles. The molecule has 19 heavy (non-hydrogen) atoms. The van der Waals surface area contributed by atoms with Crippen LogP contribution in [-0.2, 0) is 0 Å². The molecule has 5 nitrogen and oxygen atoms in total. The molecule has 2 saturated carbocycles. The summed E-state index contributed by atoms with van der Waals surface area (Å²) in [5, 5.41) is 12.5. The first-order valence-corrected chi connectivity index (χ1v) is 7.18. The summed E-state index contributed by atoms with van der Waals surface area (Å²) in [6, 6.07) is 0.553. The van der Waals surface area contributed by atoms with E-state index in [2.05, 4.69) is 22.1 Å². The Balaban J connectivity index is 1.98. The van der Waals surface area contributed by atoms with Crippen molar-refractivity contribution in [3.05, 3.63) is 11.4 Å². The van der Waals surface area contributed by atoms with Crippen LogP contribution in [0.25, 0.3) is 0 Å². The highest BCUT2D eigenvalue weighted by Crippen LogP contribution is 2.41. The molecule has 0 radical (unpaired) electrons. The first-order valence-electron chi connectivity index (χ1n) is 7.18. The predicted molar refractivity (Wildman–Crippen MR) is 75.7 cm³/mol. The molecule has 0 bridgehead atoms. The van der Waals surface area contributed by atoms with Gasteiger partial charge < -0.3 is 15.3 Å². The van der Waals surface area contributed by atoms with Gasteiger partial charge >= 0.3 is 0 Å². The Morgan fingerprint density at radius 3 is 2.53 bits per heavy atom. The second kappa shape index (κ2) is 4.96. The predicted octanol–water partition coefficient (Wildman–Crippen LogP) is 1.67. The van der Waals surface area contributed by atoms with Gasteiger partial charge in [-0.2, -0.15) is 0 Å². The number of anilines is 2. The van der Waals surface area contributed by atoms with Crippen molar-refractivity contribution in [3.8, 4) is 0 Å². The maximum Gasteiger partial charge on any atom is 0.137 e. The minimum Gasteiger partial charge on any atom is -0.395 e. The highest BCUT2D eigenvalue weighted by Gasteiger charge is 2.33. The lowest BCUT2D eigenvalue weighted by Crippen LogP contribution is -2.31. The number of aliphatic hydroxyl groups is 1. The van der Waals surface area contributed by atoms with Gasteiger partial charge in [0.1, 0.15) is 17.5 Å². The number of hydrogen-bond donors (Lipinski definition) is 2. The van der Waals surface area contributed by atoms with Crippen molar-refractivity contribution < 1.29 is 5.11 Å². The van der Waals surface area contributed by atoms with Gasteiger partial charge in [0.25, 0.3) is 0 Å². The van der Waals surface area contributed by atoms with E-state index in [1.54, 1.807) is 0 Å². The second-order valence-electron chi connectivity index (χ2n) is 5.55. The topological polar surface area (TPSA) is 61.3 Å². The van der Waals surface area contributed by atoms with Gasteiger partial charge in [-0.25, -0.2) is 9.97 Å². The summed E-state index contributed by atoms with van der Waals surface area (Å²) in [7, 11) is 1.91. The third kappa shape index (κ3) is 2.52. The van der Waals surface area contributed by atoms with Crippen LogP contribution in [0.5, 0.6) is 0 Å². The van der Waals surface area contributed by atoms with Crippen molar-refractivity contribution >= 4 is 11.6 Å². The largest absolute Gasteiger partial charge is 0.395 e. The standard InChI is InChI=1S/C14H22N4O/c1-9-12(15-2)16-13(10-3-4-10)17-14(9)18(7-8-19)11-5-6-11/h10-11,19H,3-8H2,1-2H3,(H,15,16,17). The minimum atomic E-state index is 0.174. The first kappa shape index (κ1) is 12.7. The molecule has 3 rings (SSSR count). The van der Waals surface area contributed by atoms with Crippen LogP contribution in [0.4, 0.5) is 11.6 Å². The van der Waals surface area contributed by atoms with E-state index in [4.69, 9.17) is 4.98 Å². The van der Waals surface area contributed by atoms with E-state index in [9.17, 15) is 5.11 Å². The van der Waals surface area contributed by atoms with Crippen LogP contribution in [0.1, 0.15) is 43.0 Å². The molecule has 0 atom stereocenters. The van der Waals surface area contributed by atoms with Crippen molar-refractivity contribution in [1.29, 1.82) is 0 Å². The van der Waals surface area contributed by atoms with E-state index in [0.717, 1.165) is 23.0 Å². The lowest BCUT2D eigenvalue weighted by Gasteiger charge is -2.25. The Morgan fingerprint density at radius 1 is 1.26 bits per heavy atom. The monoisotopic (exact) mass is 262 g/mol. The van der Waals surface area contributed by atoms with Gasteiger partial charge in [-0.3, -0.25) is 0 Å². The van der Waals surface area contributed by atoms with Gasteiger partial charge in [0, 0.05) is 31.1 Å². The number of aliphatic hydroxyl groups excluding tert-OH is 1. The second-order valence-corrected chi connectivity index (χ2v) is 5.55. The molecule has 5 heteroatoms. The van der Waals surface area contributed by atoms with E-state index >= 15 is 0 Å². The Hall–Kier alpha value is -1.36. The summed E-state index contributed by atoms with van der Waals surface area (Å²) in [5.41, 5.74) is 1.09. The number of nitrogens with zero attached hydrogens (tertiary/aromatic N) is 3. The molecule has 0 spiro atoms. The SMILES string of the molecule is CNc1nc(C2CC2)nc(N(CCO)C2CC2)c1C. The Bertz CT molecular complexity index is 469. The van der Waals surface area contributed by atoms with Crippen LogP contribution >= 0.6 is 0 Å². The molecule has 2 fully saturated rings. The maximum absolute atomic E-state index is 9.28. The zero-order chi connectivity index (χ0) is 13.4. The highest BCUT2D eigenvalue weighted by molar-refractivity contribution is 5.59. The summed E-state index contributed by atoms with van der Waals surface area (Å²) in [4.78, 5) is 11.7. The number of hydrogen-bond acceptors (Lipinski definition) is 5. The van der Waals surface area contributed by atoms with Gasteiger partial charge in [-0.1, -0.05) is 0 Å². The molecule has 2 aliphatic rings. The lowest BCUT2D eigenvalue weighted by atomic mass is 10.2. The Kier molecular flexibility index (Phi) is 3.31. The summed E-state index contributed by atoms with van der Waals surface area (Å²) in [5.74, 6) is 3.45. The lowest BCUT2D eigenvalue weighted by molar-refractivity contribution is 0.301. The van der Waals surface area contributed by atoms with Gasteiger partial charge in [0.2, 0.25) is 0 Å². The van der Waals surface area contributed by atoms with Crippen LogP contribution in [0.15, 0.2) is 0 Å². The molecule has 104 valence electrons. The average Bonchev–Trinajstić information content (AvgIpc) is 3.29. The highest BCUT2D eigenvalue weighted by atomic mass is 16.3. The fourth-order valence-electron chi connectivity index (χ4n) is 2.52. The molecule has 0 aromatic carbocycles. The average molecular weight is 262 g/mol. The zero-order valence-corrected chi connectivity index (χ0v) is 11.7. The molecular formula is C14H22N4O. The quantitative estimate of drug-likeness (QED) is 0.816. The van der Waals surface area contributed by atoms with Crippen molar-refractivity contribution in [3.63, 3.8) is 0 Å². The Labute approximate surface area is 114 Å². The molecule has 2 N–H and O–H groups in total. The summed E-state index contributed by atoms with van der Waals surface area (Å²) in [6.45, 7) is 2.90. The first-order chi connectivity index (χ1) is 9.24. The third-order valence-electron chi connectivity index (χ3n) is 3.92. The van der Waals surface area contributed by atoms with E-state index < -0.39 is 0 Å². The smallest absolute Gasteiger partial charge is 0.137 e. The van der Waals surface area contributed by atoms with Crippen molar-refractivity contribution in [2.45, 2.75) is 44.6 Å². The maximum atomic E-state index is 9.28. The van der Waals surface area contributed by atoms with Crippen molar-refractivity contribution in [2.24, 2.45) is 0 Å². The van der Waals surface area contributed by atoms with Crippen LogP contribution in [0.2, 0.25) is 0 Å². The van der Waals surface area contributed by atoms with E-state index in [-0.39, 0.29) is 6.61 Å².